The molecular weight excluding hydrogens is 499 g/mol. The second kappa shape index (κ2) is 11.4. The number of carbonyl (C=O) groups excluding carboxylic acids is 1. The standard InChI is InChI=1S/C30H29FN4O4/c1-4-7-26(36)34-15-14-21(19-34)30-33-29(23-17-32-18-27(35(23)30)38-16-5-2)20-10-12-22(13-11-20)39-25-9-6-8-24(37-3)28(25)31/h6,8-13,17-18,21H,5,14-16,19H2,1-3H3. The van der Waals surface area contributed by atoms with Crippen LogP contribution in [-0.2, 0) is 4.79 Å². The lowest BCUT2D eigenvalue weighted by Gasteiger charge is -2.14. The number of imidazole rings is 1. The number of rotatable bonds is 8. The van der Waals surface area contributed by atoms with Crippen LogP contribution in [0.3, 0.4) is 0 Å². The van der Waals surface area contributed by atoms with Crippen molar-refractivity contribution in [2.24, 2.45) is 0 Å². The van der Waals surface area contributed by atoms with Gasteiger partial charge in [-0.1, -0.05) is 18.9 Å². The number of carbonyl (C=O) groups is 1. The second-order valence-electron chi connectivity index (χ2n) is 9.14. The van der Waals surface area contributed by atoms with Gasteiger partial charge in [0, 0.05) is 24.6 Å². The molecule has 0 spiro atoms. The summed E-state index contributed by atoms with van der Waals surface area (Å²) in [5, 5.41) is 0. The molecule has 1 unspecified atom stereocenters. The third kappa shape index (κ3) is 5.23. The highest BCUT2D eigenvalue weighted by atomic mass is 19.1. The zero-order valence-electron chi connectivity index (χ0n) is 22.1. The summed E-state index contributed by atoms with van der Waals surface area (Å²) < 4.78 is 33.4. The topological polar surface area (TPSA) is 78.2 Å². The summed E-state index contributed by atoms with van der Waals surface area (Å²) in [4.78, 5) is 23.6. The fourth-order valence-corrected chi connectivity index (χ4v) is 4.70. The van der Waals surface area contributed by atoms with E-state index in [0.29, 0.717) is 31.3 Å². The highest BCUT2D eigenvalue weighted by Crippen LogP contribution is 2.36. The zero-order valence-corrected chi connectivity index (χ0v) is 22.1. The van der Waals surface area contributed by atoms with Crippen LogP contribution in [0.25, 0.3) is 16.8 Å². The van der Waals surface area contributed by atoms with Gasteiger partial charge in [-0.2, -0.15) is 4.39 Å². The van der Waals surface area contributed by atoms with Gasteiger partial charge in [-0.25, -0.2) is 4.98 Å². The average Bonchev–Trinajstić information content (AvgIpc) is 3.59. The van der Waals surface area contributed by atoms with Gasteiger partial charge < -0.3 is 19.1 Å². The summed E-state index contributed by atoms with van der Waals surface area (Å²) >= 11 is 0. The van der Waals surface area contributed by atoms with Crippen molar-refractivity contribution in [2.45, 2.75) is 32.6 Å². The summed E-state index contributed by atoms with van der Waals surface area (Å²) in [6, 6.07) is 12.0. The lowest BCUT2D eigenvalue weighted by atomic mass is 10.1. The van der Waals surface area contributed by atoms with Crippen molar-refractivity contribution in [2.75, 3.05) is 26.8 Å². The van der Waals surface area contributed by atoms with Crippen LogP contribution in [0.5, 0.6) is 23.1 Å². The summed E-state index contributed by atoms with van der Waals surface area (Å²) in [6.45, 7) is 5.39. The minimum atomic E-state index is -0.562. The molecule has 2 aromatic heterocycles. The number of amides is 1. The van der Waals surface area contributed by atoms with E-state index in [2.05, 4.69) is 16.8 Å². The van der Waals surface area contributed by atoms with Crippen molar-refractivity contribution >= 4 is 11.4 Å². The Labute approximate surface area is 226 Å². The van der Waals surface area contributed by atoms with Crippen LogP contribution in [0, 0.1) is 17.7 Å². The van der Waals surface area contributed by atoms with Gasteiger partial charge in [0.1, 0.15) is 11.6 Å². The van der Waals surface area contributed by atoms with Crippen molar-refractivity contribution in [3.63, 3.8) is 0 Å². The molecule has 4 aromatic rings. The van der Waals surface area contributed by atoms with Crippen molar-refractivity contribution in [1.29, 1.82) is 0 Å². The summed E-state index contributed by atoms with van der Waals surface area (Å²) in [7, 11) is 1.41. The Morgan fingerprint density at radius 1 is 1.15 bits per heavy atom. The van der Waals surface area contributed by atoms with E-state index < -0.39 is 5.82 Å². The number of benzene rings is 2. The second-order valence-corrected chi connectivity index (χ2v) is 9.14. The van der Waals surface area contributed by atoms with Gasteiger partial charge in [-0.05, 0) is 62.1 Å². The SMILES string of the molecule is CC#CC(=O)N1CCC(c2nc(-c3ccc(Oc4cccc(OC)c4F)cc3)c3cncc(OCCC)n23)C1. The van der Waals surface area contributed by atoms with Gasteiger partial charge in [0.15, 0.2) is 11.5 Å². The number of aromatic nitrogens is 3. The lowest BCUT2D eigenvalue weighted by molar-refractivity contribution is -0.124. The molecule has 0 radical (unpaired) electrons. The number of methoxy groups -OCH3 is 1. The first-order valence-electron chi connectivity index (χ1n) is 12.9. The maximum atomic E-state index is 14.6. The molecule has 9 heteroatoms. The molecule has 8 nitrogen and oxygen atoms in total. The number of ether oxygens (including phenoxy) is 3. The average molecular weight is 529 g/mol. The maximum absolute atomic E-state index is 14.6. The van der Waals surface area contributed by atoms with Crippen molar-refractivity contribution in [3.05, 3.63) is 66.5 Å². The van der Waals surface area contributed by atoms with E-state index in [9.17, 15) is 9.18 Å². The molecule has 1 aliphatic heterocycles. The van der Waals surface area contributed by atoms with Crippen molar-refractivity contribution in [1.82, 2.24) is 19.3 Å². The Morgan fingerprint density at radius 2 is 1.95 bits per heavy atom. The van der Waals surface area contributed by atoms with E-state index in [-0.39, 0.29) is 23.3 Å². The number of hydrogen-bond acceptors (Lipinski definition) is 6. The van der Waals surface area contributed by atoms with E-state index in [1.165, 1.54) is 13.2 Å². The molecule has 5 rings (SSSR count). The fraction of sp³-hybridized carbons (Fsp3) is 0.300. The van der Waals surface area contributed by atoms with Crippen LogP contribution in [0.2, 0.25) is 0 Å². The van der Waals surface area contributed by atoms with Crippen LogP contribution in [0.15, 0.2) is 54.9 Å². The highest BCUT2D eigenvalue weighted by Gasteiger charge is 2.31. The minimum Gasteiger partial charge on any atom is -0.494 e. The maximum Gasteiger partial charge on any atom is 0.298 e. The summed E-state index contributed by atoms with van der Waals surface area (Å²) in [6.07, 6.45) is 5.08. The Kier molecular flexibility index (Phi) is 7.64. The van der Waals surface area contributed by atoms with Crippen LogP contribution in [0.1, 0.15) is 38.4 Å². The lowest BCUT2D eigenvalue weighted by Crippen LogP contribution is -2.27. The van der Waals surface area contributed by atoms with E-state index in [1.807, 2.05) is 23.5 Å². The first-order valence-corrected chi connectivity index (χ1v) is 12.9. The number of nitrogens with zero attached hydrogens (tertiary/aromatic N) is 4. The molecule has 0 N–H and O–H groups in total. The molecule has 0 bridgehead atoms. The normalized spacial score (nSPS) is 14.7. The molecule has 200 valence electrons. The molecule has 1 atom stereocenters. The molecule has 0 saturated carbocycles. The van der Waals surface area contributed by atoms with Gasteiger partial charge in [-0.3, -0.25) is 14.2 Å². The molecule has 1 saturated heterocycles. The number of fused-ring (bicyclic) bond motifs is 1. The Bertz CT molecular complexity index is 1560. The third-order valence-corrected chi connectivity index (χ3v) is 6.57. The number of hydrogen-bond donors (Lipinski definition) is 0. The Hall–Kier alpha value is -4.58. The van der Waals surface area contributed by atoms with Gasteiger partial charge in [0.2, 0.25) is 11.7 Å². The molecule has 3 heterocycles. The Morgan fingerprint density at radius 3 is 2.69 bits per heavy atom. The predicted octanol–water partition coefficient (Wildman–Crippen LogP) is 5.46. The summed E-state index contributed by atoms with van der Waals surface area (Å²) in [5.74, 6) is 6.68. The molecule has 1 amide bonds. The summed E-state index contributed by atoms with van der Waals surface area (Å²) in [5.41, 5.74) is 2.37. The molecule has 0 aliphatic carbocycles. The highest BCUT2D eigenvalue weighted by molar-refractivity contribution is 5.93. The molecule has 39 heavy (non-hydrogen) atoms. The van der Waals surface area contributed by atoms with Gasteiger partial charge >= 0.3 is 0 Å². The van der Waals surface area contributed by atoms with Crippen LogP contribution < -0.4 is 14.2 Å². The van der Waals surface area contributed by atoms with E-state index in [4.69, 9.17) is 19.2 Å². The van der Waals surface area contributed by atoms with Crippen molar-refractivity contribution in [3.8, 4) is 46.2 Å². The monoisotopic (exact) mass is 528 g/mol. The quantitative estimate of drug-likeness (QED) is 0.283. The van der Waals surface area contributed by atoms with Gasteiger partial charge in [-0.15, -0.1) is 0 Å². The first-order chi connectivity index (χ1) is 19.0. The van der Waals surface area contributed by atoms with Crippen LogP contribution in [0.4, 0.5) is 4.39 Å². The minimum absolute atomic E-state index is 0.0128. The first kappa shape index (κ1) is 26.0. The van der Waals surface area contributed by atoms with Crippen molar-refractivity contribution < 1.29 is 23.4 Å². The van der Waals surface area contributed by atoms with E-state index in [1.54, 1.807) is 48.5 Å². The number of likely N-dealkylation sites (tertiary alicyclic amines) is 1. The predicted molar refractivity (Wildman–Crippen MR) is 145 cm³/mol. The fourth-order valence-electron chi connectivity index (χ4n) is 4.70. The smallest absolute Gasteiger partial charge is 0.298 e. The molecule has 1 fully saturated rings. The van der Waals surface area contributed by atoms with E-state index >= 15 is 0 Å². The molecule has 1 aliphatic rings. The van der Waals surface area contributed by atoms with Crippen LogP contribution >= 0.6 is 0 Å². The number of halogens is 1. The van der Waals surface area contributed by atoms with Gasteiger partial charge in [0.05, 0.1) is 37.3 Å². The molecular formula is C30H29FN4O4. The largest absolute Gasteiger partial charge is 0.494 e. The van der Waals surface area contributed by atoms with Crippen LogP contribution in [-0.4, -0.2) is 52.0 Å². The van der Waals surface area contributed by atoms with Gasteiger partial charge in [0.25, 0.3) is 5.91 Å². The van der Waals surface area contributed by atoms with E-state index in [0.717, 1.165) is 35.4 Å². The Balaban J connectivity index is 1.50. The molecule has 2 aromatic carbocycles. The zero-order chi connectivity index (χ0) is 27.4. The third-order valence-electron chi connectivity index (χ3n) is 6.57.